The van der Waals surface area contributed by atoms with E-state index < -0.39 is 0 Å². The molecule has 0 amide bonds. The Morgan fingerprint density at radius 2 is 1.33 bits per heavy atom. The van der Waals surface area contributed by atoms with E-state index in [2.05, 4.69) is 153 Å². The van der Waals surface area contributed by atoms with Gasteiger partial charge in [0.05, 0.1) is 5.71 Å². The first-order valence-electron chi connectivity index (χ1n) is 14.5. The fraction of sp³-hybridized carbons (Fsp3) is 0.103. The lowest BCUT2D eigenvalue weighted by Gasteiger charge is -2.36. The van der Waals surface area contributed by atoms with Gasteiger partial charge in [0.1, 0.15) is 6.17 Å². The topological polar surface area (TPSA) is 24.4 Å². The zero-order chi connectivity index (χ0) is 28.3. The summed E-state index contributed by atoms with van der Waals surface area (Å²) in [4.78, 5) is 8.08. The van der Waals surface area contributed by atoms with Gasteiger partial charge in [0.15, 0.2) is 0 Å². The molecule has 8 rings (SSSR count). The fourth-order valence-electron chi connectivity index (χ4n) is 6.70. The van der Waals surface area contributed by atoms with Gasteiger partial charge in [-0.1, -0.05) is 135 Å². The third kappa shape index (κ3) is 4.00. The van der Waals surface area contributed by atoms with Crippen molar-refractivity contribution in [3.63, 3.8) is 0 Å². The van der Waals surface area contributed by atoms with E-state index in [4.69, 9.17) is 4.99 Å². The van der Waals surface area contributed by atoms with E-state index >= 15 is 0 Å². The second-order valence-corrected chi connectivity index (χ2v) is 12.7. The molecule has 6 aromatic rings. The number of benzene rings is 6. The summed E-state index contributed by atoms with van der Waals surface area (Å²) in [6, 6.07) is 48.1. The van der Waals surface area contributed by atoms with Crippen LogP contribution in [0, 0.1) is 0 Å². The highest BCUT2D eigenvalue weighted by molar-refractivity contribution is 7.99. The van der Waals surface area contributed by atoms with Crippen LogP contribution in [0.15, 0.2) is 148 Å². The van der Waals surface area contributed by atoms with E-state index in [9.17, 15) is 0 Å². The monoisotopic (exact) mass is 558 g/mol. The average molecular weight is 559 g/mol. The van der Waals surface area contributed by atoms with Gasteiger partial charge in [-0.3, -0.25) is 4.99 Å². The summed E-state index contributed by atoms with van der Waals surface area (Å²) in [5, 5.41) is 6.19. The molecule has 0 bridgehead atoms. The first kappa shape index (κ1) is 25.1. The number of rotatable bonds is 3. The number of nitrogens with zero attached hydrogens (tertiary/aromatic N) is 1. The van der Waals surface area contributed by atoms with Crippen molar-refractivity contribution in [3.05, 3.63) is 161 Å². The van der Waals surface area contributed by atoms with Gasteiger partial charge in [0.25, 0.3) is 0 Å². The molecule has 2 aliphatic rings. The summed E-state index contributed by atoms with van der Waals surface area (Å²) in [5.74, 6) is 0. The van der Waals surface area contributed by atoms with Crippen LogP contribution in [0.4, 0.5) is 5.69 Å². The van der Waals surface area contributed by atoms with Crippen LogP contribution < -0.4 is 5.32 Å². The molecule has 2 nitrogen and oxygen atoms in total. The van der Waals surface area contributed by atoms with Gasteiger partial charge in [-0.05, 0) is 62.9 Å². The van der Waals surface area contributed by atoms with Crippen molar-refractivity contribution in [2.75, 3.05) is 5.32 Å². The van der Waals surface area contributed by atoms with E-state index in [1.54, 1.807) is 0 Å². The lowest BCUT2D eigenvalue weighted by Crippen LogP contribution is -2.24. The Kier molecular flexibility index (Phi) is 5.84. The van der Waals surface area contributed by atoms with Crippen LogP contribution in [0.2, 0.25) is 0 Å². The Bertz CT molecular complexity index is 2030. The van der Waals surface area contributed by atoms with E-state index in [0.717, 1.165) is 28.1 Å². The van der Waals surface area contributed by atoms with Gasteiger partial charge in [-0.25, -0.2) is 0 Å². The number of nitrogens with one attached hydrogen (secondary N) is 1. The minimum absolute atomic E-state index is 0.106. The largest absolute Gasteiger partial charge is 0.360 e. The van der Waals surface area contributed by atoms with E-state index in [1.807, 2.05) is 11.8 Å². The molecule has 0 aliphatic carbocycles. The Morgan fingerprint density at radius 1 is 0.643 bits per heavy atom. The molecule has 0 saturated carbocycles. The highest BCUT2D eigenvalue weighted by atomic mass is 32.2. The van der Waals surface area contributed by atoms with Crippen molar-refractivity contribution in [1.29, 1.82) is 0 Å². The van der Waals surface area contributed by atoms with Crippen LogP contribution in [0.1, 0.15) is 47.8 Å². The highest BCUT2D eigenvalue weighted by Gasteiger charge is 2.35. The first-order chi connectivity index (χ1) is 20.6. The van der Waals surface area contributed by atoms with Crippen LogP contribution >= 0.6 is 11.8 Å². The van der Waals surface area contributed by atoms with E-state index in [1.165, 1.54) is 42.8 Å². The number of aliphatic imine (C=N–C) groups is 1. The maximum absolute atomic E-state index is 5.40. The lowest BCUT2D eigenvalue weighted by atomic mass is 9.74. The number of fused-ring (bicyclic) bond motifs is 4. The Hall–Kier alpha value is -4.60. The summed E-state index contributed by atoms with van der Waals surface area (Å²) in [6.45, 7) is 4.72. The maximum atomic E-state index is 5.40. The zero-order valence-electron chi connectivity index (χ0n) is 23.6. The van der Waals surface area contributed by atoms with Gasteiger partial charge >= 0.3 is 0 Å². The number of anilines is 1. The average Bonchev–Trinajstić information content (AvgIpc) is 3.04. The molecule has 3 heteroatoms. The molecule has 0 radical (unpaired) electrons. The van der Waals surface area contributed by atoms with Crippen molar-refractivity contribution >= 4 is 33.9 Å². The van der Waals surface area contributed by atoms with Crippen LogP contribution in [0.5, 0.6) is 0 Å². The van der Waals surface area contributed by atoms with Crippen molar-refractivity contribution in [1.82, 2.24) is 0 Å². The molecule has 42 heavy (non-hydrogen) atoms. The molecule has 1 N–H and O–H groups in total. The van der Waals surface area contributed by atoms with E-state index in [-0.39, 0.29) is 11.6 Å². The molecule has 6 aromatic carbocycles. The molecule has 0 saturated heterocycles. The first-order valence-corrected chi connectivity index (χ1v) is 15.3. The Labute approximate surface area is 251 Å². The molecule has 1 atom stereocenters. The third-order valence-corrected chi connectivity index (χ3v) is 9.86. The summed E-state index contributed by atoms with van der Waals surface area (Å²) in [7, 11) is 0. The number of para-hydroxylation sites is 1. The molecular formula is C39H30N2S. The van der Waals surface area contributed by atoms with Crippen LogP contribution in [-0.4, -0.2) is 5.71 Å². The standard InChI is InChI=1S/C39H30N2S/c1-39(2)32-20-6-8-22-34(32)42-35-23-11-18-29(36(35)39)26-14-9-15-27(24-26)38-40-33-21-7-5-17-31(33)37(41-38)30-19-10-13-25-12-3-4-16-28(25)30/h3-24,38,40H,1-2H3. The van der Waals surface area contributed by atoms with Crippen LogP contribution in [0.3, 0.4) is 0 Å². The second-order valence-electron chi connectivity index (χ2n) is 11.6. The van der Waals surface area contributed by atoms with Gasteiger partial charge in [0, 0.05) is 32.0 Å². The Morgan fingerprint density at radius 3 is 2.29 bits per heavy atom. The molecule has 0 spiro atoms. The van der Waals surface area contributed by atoms with Gasteiger partial charge in [0.2, 0.25) is 0 Å². The minimum Gasteiger partial charge on any atom is -0.360 e. The predicted octanol–water partition coefficient (Wildman–Crippen LogP) is 10.3. The molecular weight excluding hydrogens is 529 g/mol. The summed E-state index contributed by atoms with van der Waals surface area (Å²) >= 11 is 1.88. The minimum atomic E-state index is -0.198. The van der Waals surface area contributed by atoms with Gasteiger partial charge < -0.3 is 5.32 Å². The Balaban J connectivity index is 1.26. The molecule has 1 unspecified atom stereocenters. The van der Waals surface area contributed by atoms with Crippen molar-refractivity contribution in [2.24, 2.45) is 4.99 Å². The second kappa shape index (κ2) is 9.75. The smallest absolute Gasteiger partial charge is 0.145 e. The fourth-order valence-corrected chi connectivity index (χ4v) is 8.13. The highest BCUT2D eigenvalue weighted by Crippen LogP contribution is 2.52. The maximum Gasteiger partial charge on any atom is 0.145 e. The normalized spacial score (nSPS) is 16.5. The molecule has 0 aromatic heterocycles. The predicted molar refractivity (Wildman–Crippen MR) is 177 cm³/mol. The molecule has 2 aliphatic heterocycles. The molecule has 2 heterocycles. The van der Waals surface area contributed by atoms with Crippen LogP contribution in [0.25, 0.3) is 21.9 Å². The lowest BCUT2D eigenvalue weighted by molar-refractivity contribution is 0.609. The van der Waals surface area contributed by atoms with Crippen LogP contribution in [-0.2, 0) is 5.41 Å². The summed E-state index contributed by atoms with van der Waals surface area (Å²) < 4.78 is 0. The number of hydrogen-bond donors (Lipinski definition) is 1. The van der Waals surface area contributed by atoms with Gasteiger partial charge in [-0.15, -0.1) is 0 Å². The summed E-state index contributed by atoms with van der Waals surface area (Å²) in [5.41, 5.74) is 10.8. The molecule has 202 valence electrons. The van der Waals surface area contributed by atoms with Crippen molar-refractivity contribution in [3.8, 4) is 11.1 Å². The van der Waals surface area contributed by atoms with Gasteiger partial charge in [-0.2, -0.15) is 0 Å². The molecule has 0 fully saturated rings. The number of hydrogen-bond acceptors (Lipinski definition) is 3. The quantitative estimate of drug-likeness (QED) is 0.234. The summed E-state index contributed by atoms with van der Waals surface area (Å²) in [6.07, 6.45) is -0.198. The SMILES string of the molecule is CC1(C)c2ccccc2Sc2cccc(-c3cccc(C4N=C(c5cccc6ccccc56)c5ccccc5N4)c3)c21. The van der Waals surface area contributed by atoms with Crippen molar-refractivity contribution < 1.29 is 0 Å². The zero-order valence-corrected chi connectivity index (χ0v) is 24.5. The van der Waals surface area contributed by atoms with E-state index in [0.29, 0.717) is 0 Å². The third-order valence-electron chi connectivity index (χ3n) is 8.72. The van der Waals surface area contributed by atoms with Crippen molar-refractivity contribution in [2.45, 2.75) is 35.2 Å².